The minimum absolute atomic E-state index is 0.0989. The summed E-state index contributed by atoms with van der Waals surface area (Å²) >= 11 is 0. The smallest absolute Gasteiger partial charge is 0.157 e. The van der Waals surface area contributed by atoms with Gasteiger partial charge in [0, 0.05) is 0 Å². The van der Waals surface area contributed by atoms with E-state index in [1.165, 1.54) is 101 Å². The van der Waals surface area contributed by atoms with Gasteiger partial charge in [0.05, 0.1) is 31.0 Å². The molecule has 124 valence electrons. The van der Waals surface area contributed by atoms with Crippen molar-refractivity contribution < 1.29 is 9.28 Å². The van der Waals surface area contributed by atoms with E-state index in [0.29, 0.717) is 6.04 Å². The van der Waals surface area contributed by atoms with Crippen LogP contribution in [0, 0.1) is 10.8 Å². The Balaban J connectivity index is 1.72. The number of hydrogen-bond donors (Lipinski definition) is 0. The van der Waals surface area contributed by atoms with E-state index in [1.807, 2.05) is 0 Å². The molecular formula is C20H34NO+. The fraction of sp³-hybridized carbons (Fsp3) is 0.950. The van der Waals surface area contributed by atoms with Crippen LogP contribution in [0.5, 0.6) is 0 Å². The molecule has 1 heterocycles. The lowest BCUT2D eigenvalue weighted by Gasteiger charge is -2.68. The second kappa shape index (κ2) is 5.33. The molecule has 3 aliphatic carbocycles. The van der Waals surface area contributed by atoms with Crippen molar-refractivity contribution in [1.82, 2.24) is 0 Å². The minimum Gasteiger partial charge on any atom is -0.322 e. The molecule has 0 aromatic rings. The Morgan fingerprint density at radius 2 is 1.14 bits per heavy atom. The van der Waals surface area contributed by atoms with Crippen LogP contribution in [0.1, 0.15) is 83.5 Å². The van der Waals surface area contributed by atoms with Gasteiger partial charge in [-0.3, -0.25) is 4.79 Å². The van der Waals surface area contributed by atoms with Crippen LogP contribution >= 0.6 is 0 Å². The van der Waals surface area contributed by atoms with E-state index in [2.05, 4.69) is 7.05 Å². The zero-order chi connectivity index (χ0) is 15.3. The zero-order valence-electron chi connectivity index (χ0n) is 14.5. The molecule has 2 nitrogen and oxygen atoms in total. The summed E-state index contributed by atoms with van der Waals surface area (Å²) in [6.45, 7) is 2.67. The first-order valence-corrected chi connectivity index (χ1v) is 10.0. The molecule has 4 fully saturated rings. The van der Waals surface area contributed by atoms with Crippen LogP contribution in [0.4, 0.5) is 0 Å². The number of likely N-dealkylation sites (tertiary alicyclic amines) is 1. The number of Topliss-reactive ketones (excluding diaryl/α,β-unsaturated/α-hetero) is 1. The number of carbonyl (C=O) groups excluding carboxylic acids is 1. The van der Waals surface area contributed by atoms with Crippen molar-refractivity contribution in [2.24, 2.45) is 10.8 Å². The number of ketones is 1. The summed E-state index contributed by atoms with van der Waals surface area (Å²) < 4.78 is 1.24. The minimum atomic E-state index is 0.0989. The summed E-state index contributed by atoms with van der Waals surface area (Å²) in [6.07, 6.45) is 17.0. The Morgan fingerprint density at radius 3 is 1.59 bits per heavy atom. The van der Waals surface area contributed by atoms with E-state index in [1.54, 1.807) is 0 Å². The Kier molecular flexibility index (Phi) is 3.67. The number of carbonyl (C=O) groups is 1. The SMILES string of the molecule is C[N+]1(C2C3(CCCCC3)C(=O)C23CCCCC3)CCCCC1. The van der Waals surface area contributed by atoms with Gasteiger partial charge < -0.3 is 4.48 Å². The Bertz CT molecular complexity index is 409. The van der Waals surface area contributed by atoms with E-state index in [9.17, 15) is 4.79 Å². The first kappa shape index (κ1) is 15.2. The molecule has 0 N–H and O–H groups in total. The first-order chi connectivity index (χ1) is 10.6. The number of piperidine rings is 1. The van der Waals surface area contributed by atoms with Gasteiger partial charge in [-0.05, 0) is 44.9 Å². The fourth-order valence-electron chi connectivity index (χ4n) is 7.25. The lowest BCUT2D eigenvalue weighted by molar-refractivity contribution is -0.955. The molecule has 22 heavy (non-hydrogen) atoms. The summed E-state index contributed by atoms with van der Waals surface area (Å²) in [5, 5.41) is 0. The standard InChI is InChI=1S/C20H34NO/c1-21(15-9-4-10-16-21)17-19(11-5-2-6-12-19)18(22)20(17)13-7-3-8-14-20/h17H,2-16H2,1H3/q+1. The van der Waals surface area contributed by atoms with Gasteiger partial charge in [-0.2, -0.15) is 0 Å². The van der Waals surface area contributed by atoms with Gasteiger partial charge in [0.2, 0.25) is 0 Å². The highest BCUT2D eigenvalue weighted by Crippen LogP contribution is 2.66. The van der Waals surface area contributed by atoms with Crippen molar-refractivity contribution in [2.75, 3.05) is 20.1 Å². The molecule has 1 saturated heterocycles. The lowest BCUT2D eigenvalue weighted by Crippen LogP contribution is -2.80. The average molecular weight is 304 g/mol. The van der Waals surface area contributed by atoms with Crippen molar-refractivity contribution in [3.8, 4) is 0 Å². The van der Waals surface area contributed by atoms with Crippen LogP contribution in [0.25, 0.3) is 0 Å². The second-order valence-corrected chi connectivity index (χ2v) is 9.15. The molecule has 0 radical (unpaired) electrons. The molecule has 2 spiro atoms. The molecule has 0 atom stereocenters. The van der Waals surface area contributed by atoms with Crippen molar-refractivity contribution >= 4 is 5.78 Å². The predicted octanol–water partition coefficient (Wildman–Crippen LogP) is 4.47. The maximum absolute atomic E-state index is 13.5. The van der Waals surface area contributed by atoms with Crippen LogP contribution in [-0.4, -0.2) is 36.4 Å². The van der Waals surface area contributed by atoms with Crippen LogP contribution in [0.3, 0.4) is 0 Å². The van der Waals surface area contributed by atoms with E-state index < -0.39 is 0 Å². The fourth-order valence-corrected chi connectivity index (χ4v) is 7.25. The van der Waals surface area contributed by atoms with Gasteiger partial charge in [-0.15, -0.1) is 0 Å². The quantitative estimate of drug-likeness (QED) is 0.653. The molecule has 0 bridgehead atoms. The third-order valence-corrected chi connectivity index (χ3v) is 7.90. The van der Waals surface area contributed by atoms with Crippen LogP contribution in [0.2, 0.25) is 0 Å². The predicted molar refractivity (Wildman–Crippen MR) is 89.6 cm³/mol. The van der Waals surface area contributed by atoms with Gasteiger partial charge >= 0.3 is 0 Å². The van der Waals surface area contributed by atoms with Gasteiger partial charge in [0.1, 0.15) is 6.04 Å². The number of rotatable bonds is 1. The maximum Gasteiger partial charge on any atom is 0.157 e. The highest BCUT2D eigenvalue weighted by Gasteiger charge is 2.76. The van der Waals surface area contributed by atoms with Crippen LogP contribution < -0.4 is 0 Å². The normalized spacial score (nSPS) is 33.8. The molecule has 4 aliphatic rings. The largest absolute Gasteiger partial charge is 0.322 e. The van der Waals surface area contributed by atoms with E-state index >= 15 is 0 Å². The van der Waals surface area contributed by atoms with Gasteiger partial charge in [0.25, 0.3) is 0 Å². The van der Waals surface area contributed by atoms with Gasteiger partial charge in [-0.25, -0.2) is 0 Å². The molecule has 4 rings (SSSR count). The summed E-state index contributed by atoms with van der Waals surface area (Å²) in [6, 6.07) is 0.674. The van der Waals surface area contributed by atoms with Crippen molar-refractivity contribution in [3.05, 3.63) is 0 Å². The summed E-state index contributed by atoms with van der Waals surface area (Å²) in [5.41, 5.74) is 0.198. The average Bonchev–Trinajstić information content (AvgIpc) is 2.57. The van der Waals surface area contributed by atoms with Gasteiger partial charge in [-0.1, -0.05) is 38.5 Å². The molecule has 3 saturated carbocycles. The molecule has 0 amide bonds. The highest BCUT2D eigenvalue weighted by molar-refractivity contribution is 5.98. The summed E-state index contributed by atoms with van der Waals surface area (Å²) in [7, 11) is 2.52. The molecule has 1 aliphatic heterocycles. The van der Waals surface area contributed by atoms with Crippen molar-refractivity contribution in [2.45, 2.75) is 89.5 Å². The van der Waals surface area contributed by atoms with E-state index in [0.717, 1.165) is 5.78 Å². The Hall–Kier alpha value is -0.370. The molecule has 2 heteroatoms. The van der Waals surface area contributed by atoms with E-state index in [-0.39, 0.29) is 10.8 Å². The molecule has 0 unspecified atom stereocenters. The van der Waals surface area contributed by atoms with Crippen molar-refractivity contribution in [3.63, 3.8) is 0 Å². The second-order valence-electron chi connectivity index (χ2n) is 9.15. The van der Waals surface area contributed by atoms with Crippen LogP contribution in [-0.2, 0) is 4.79 Å². The zero-order valence-corrected chi connectivity index (χ0v) is 14.5. The summed E-state index contributed by atoms with van der Waals surface area (Å²) in [5.74, 6) is 0.731. The monoisotopic (exact) mass is 304 g/mol. The topological polar surface area (TPSA) is 17.1 Å². The lowest BCUT2D eigenvalue weighted by atomic mass is 9.40. The van der Waals surface area contributed by atoms with Crippen molar-refractivity contribution in [1.29, 1.82) is 0 Å². The summed E-state index contributed by atoms with van der Waals surface area (Å²) in [4.78, 5) is 13.5. The number of nitrogens with zero attached hydrogens (tertiary/aromatic N) is 1. The molecule has 0 aromatic heterocycles. The third-order valence-electron chi connectivity index (χ3n) is 7.90. The van der Waals surface area contributed by atoms with Crippen LogP contribution in [0.15, 0.2) is 0 Å². The van der Waals surface area contributed by atoms with Gasteiger partial charge in [0.15, 0.2) is 5.78 Å². The number of hydrogen-bond acceptors (Lipinski definition) is 1. The number of quaternary nitrogens is 1. The Morgan fingerprint density at radius 1 is 0.727 bits per heavy atom. The highest BCUT2D eigenvalue weighted by atomic mass is 16.1. The first-order valence-electron chi connectivity index (χ1n) is 10.0. The van der Waals surface area contributed by atoms with E-state index in [4.69, 9.17) is 0 Å². The third kappa shape index (κ3) is 1.92. The maximum atomic E-state index is 13.5. The molecule has 0 aromatic carbocycles. The molecular weight excluding hydrogens is 270 g/mol. The Labute approximate surface area is 136 Å².